The van der Waals surface area contributed by atoms with Crippen LogP contribution >= 0.6 is 0 Å². The Bertz CT molecular complexity index is 1110. The molecule has 2 heterocycles. The Hall–Kier alpha value is -3.70. The van der Waals surface area contributed by atoms with E-state index in [0.717, 1.165) is 6.07 Å². The number of amides is 1. The zero-order valence-electron chi connectivity index (χ0n) is 17.9. The molecule has 0 fully saturated rings. The van der Waals surface area contributed by atoms with E-state index in [0.29, 0.717) is 5.69 Å². The highest BCUT2D eigenvalue weighted by Gasteiger charge is 2.34. The highest BCUT2D eigenvalue weighted by molar-refractivity contribution is 5.68. The van der Waals surface area contributed by atoms with E-state index in [1.165, 1.54) is 18.5 Å². The van der Waals surface area contributed by atoms with Crippen molar-refractivity contribution in [3.8, 4) is 11.4 Å². The molecule has 3 aromatic rings. The predicted octanol–water partition coefficient (Wildman–Crippen LogP) is 4.06. The molecule has 2 N–H and O–H groups in total. The second kappa shape index (κ2) is 8.81. The maximum Gasteiger partial charge on any atom is 0.416 e. The first-order valence-electron chi connectivity index (χ1n) is 9.53. The van der Waals surface area contributed by atoms with Crippen LogP contribution < -0.4 is 10.6 Å². The van der Waals surface area contributed by atoms with Crippen molar-refractivity contribution in [2.24, 2.45) is 7.05 Å². The van der Waals surface area contributed by atoms with Gasteiger partial charge in [-0.3, -0.25) is 4.68 Å². The van der Waals surface area contributed by atoms with Gasteiger partial charge < -0.3 is 15.4 Å². The van der Waals surface area contributed by atoms with E-state index in [-0.39, 0.29) is 29.4 Å². The van der Waals surface area contributed by atoms with E-state index in [1.807, 2.05) is 0 Å². The molecule has 32 heavy (non-hydrogen) atoms. The van der Waals surface area contributed by atoms with Crippen molar-refractivity contribution in [3.63, 3.8) is 0 Å². The average Bonchev–Trinajstić information content (AvgIpc) is 3.09. The molecule has 0 spiro atoms. The number of alkyl carbamates (subject to hydrolysis) is 1. The van der Waals surface area contributed by atoms with Crippen molar-refractivity contribution in [1.82, 2.24) is 30.0 Å². The molecule has 0 saturated heterocycles. The van der Waals surface area contributed by atoms with Crippen LogP contribution in [0.1, 0.15) is 31.9 Å². The Morgan fingerprint density at radius 3 is 2.56 bits per heavy atom. The maximum atomic E-state index is 13.7. The van der Waals surface area contributed by atoms with Crippen LogP contribution in [0.5, 0.6) is 0 Å². The van der Waals surface area contributed by atoms with Crippen molar-refractivity contribution in [2.45, 2.75) is 39.1 Å². The van der Waals surface area contributed by atoms with Crippen molar-refractivity contribution in [2.75, 3.05) is 5.32 Å². The van der Waals surface area contributed by atoms with Gasteiger partial charge in [0.25, 0.3) is 0 Å². The minimum Gasteiger partial charge on any atom is -0.444 e. The van der Waals surface area contributed by atoms with Gasteiger partial charge in [-0.15, -0.1) is 0 Å². The molecule has 12 heteroatoms. The van der Waals surface area contributed by atoms with Gasteiger partial charge in [-0.25, -0.2) is 14.8 Å². The third-order valence-electron chi connectivity index (χ3n) is 4.03. The molecule has 0 aliphatic rings. The van der Waals surface area contributed by atoms with Crippen LogP contribution in [0.15, 0.2) is 36.9 Å². The fourth-order valence-corrected chi connectivity index (χ4v) is 2.73. The van der Waals surface area contributed by atoms with E-state index in [9.17, 15) is 18.0 Å². The molecule has 0 unspecified atom stereocenters. The van der Waals surface area contributed by atoms with Gasteiger partial charge in [0, 0.05) is 25.4 Å². The number of aromatic nitrogens is 5. The van der Waals surface area contributed by atoms with Crippen LogP contribution in [-0.4, -0.2) is 36.4 Å². The first-order valence-corrected chi connectivity index (χ1v) is 9.53. The van der Waals surface area contributed by atoms with Gasteiger partial charge in [-0.05, 0) is 32.4 Å². The summed E-state index contributed by atoms with van der Waals surface area (Å²) in [4.78, 5) is 24.0. The summed E-state index contributed by atoms with van der Waals surface area (Å²) in [5.41, 5.74) is -1.02. The Morgan fingerprint density at radius 2 is 1.94 bits per heavy atom. The van der Waals surface area contributed by atoms with Crippen molar-refractivity contribution < 1.29 is 22.7 Å². The monoisotopic (exact) mass is 449 g/mol. The summed E-state index contributed by atoms with van der Waals surface area (Å²) in [6, 6.07) is 3.66. The number of nitrogens with one attached hydrogen (secondary N) is 2. The van der Waals surface area contributed by atoms with E-state index >= 15 is 0 Å². The molecular weight excluding hydrogens is 427 g/mol. The largest absolute Gasteiger partial charge is 0.444 e. The van der Waals surface area contributed by atoms with Crippen molar-refractivity contribution in [1.29, 1.82) is 0 Å². The topological polar surface area (TPSA) is 107 Å². The van der Waals surface area contributed by atoms with Gasteiger partial charge in [-0.1, -0.05) is 12.1 Å². The zero-order chi connectivity index (χ0) is 23.5. The molecule has 170 valence electrons. The number of ether oxygens (including phenoxy) is 1. The first kappa shape index (κ1) is 23.0. The summed E-state index contributed by atoms with van der Waals surface area (Å²) < 4.78 is 47.7. The summed E-state index contributed by atoms with van der Waals surface area (Å²) in [5, 5.41) is 9.27. The van der Waals surface area contributed by atoms with Crippen LogP contribution in [0.3, 0.4) is 0 Å². The van der Waals surface area contributed by atoms with Crippen LogP contribution in [0.25, 0.3) is 11.4 Å². The first-order chi connectivity index (χ1) is 14.9. The number of carbonyl (C=O) groups is 1. The van der Waals surface area contributed by atoms with Gasteiger partial charge in [0.2, 0.25) is 5.95 Å². The maximum absolute atomic E-state index is 13.7. The second-order valence-electron chi connectivity index (χ2n) is 7.89. The van der Waals surface area contributed by atoms with Crippen LogP contribution in [0.4, 0.5) is 29.6 Å². The Labute approximate surface area is 182 Å². The summed E-state index contributed by atoms with van der Waals surface area (Å²) in [7, 11) is 1.74. The van der Waals surface area contributed by atoms with E-state index in [4.69, 9.17) is 4.74 Å². The van der Waals surface area contributed by atoms with Gasteiger partial charge in [-0.2, -0.15) is 23.3 Å². The number of hydrogen-bond donors (Lipinski definition) is 2. The minimum absolute atomic E-state index is 0.0588. The highest BCUT2D eigenvalue weighted by Crippen LogP contribution is 2.34. The lowest BCUT2D eigenvalue weighted by molar-refractivity contribution is -0.138. The molecule has 0 saturated carbocycles. The molecule has 0 aliphatic heterocycles. The molecule has 0 aliphatic carbocycles. The number of anilines is 2. The number of benzene rings is 1. The molecule has 1 aromatic carbocycles. The molecule has 0 radical (unpaired) electrons. The lowest BCUT2D eigenvalue weighted by Crippen LogP contribution is -2.32. The van der Waals surface area contributed by atoms with Crippen molar-refractivity contribution in [3.05, 3.63) is 48.0 Å². The number of hydrogen-bond acceptors (Lipinski definition) is 7. The third kappa shape index (κ3) is 6.15. The second-order valence-corrected chi connectivity index (χ2v) is 7.89. The van der Waals surface area contributed by atoms with E-state index in [2.05, 4.69) is 30.7 Å². The zero-order valence-corrected chi connectivity index (χ0v) is 17.9. The lowest BCUT2D eigenvalue weighted by atomic mass is 10.0. The molecule has 2 aromatic heterocycles. The Kier molecular flexibility index (Phi) is 6.32. The van der Waals surface area contributed by atoms with Crippen LogP contribution in [0, 0.1) is 0 Å². The Balaban J connectivity index is 1.84. The molecular formula is C20H22F3N7O2. The normalized spacial score (nSPS) is 11.8. The number of halogens is 3. The van der Waals surface area contributed by atoms with Gasteiger partial charge >= 0.3 is 12.3 Å². The summed E-state index contributed by atoms with van der Waals surface area (Å²) in [6.07, 6.45) is -1.01. The summed E-state index contributed by atoms with van der Waals surface area (Å²) in [5.74, 6) is 0.218. The van der Waals surface area contributed by atoms with E-state index < -0.39 is 23.4 Å². The molecule has 0 atom stereocenters. The number of alkyl halides is 3. The van der Waals surface area contributed by atoms with Gasteiger partial charge in [0.1, 0.15) is 11.9 Å². The molecule has 9 nitrogen and oxygen atoms in total. The number of nitrogens with zero attached hydrogens (tertiary/aromatic N) is 5. The third-order valence-corrected chi connectivity index (χ3v) is 4.03. The number of aryl methyl sites for hydroxylation is 1. The summed E-state index contributed by atoms with van der Waals surface area (Å²) >= 11 is 0. The molecule has 0 bridgehead atoms. The number of rotatable bonds is 5. The average molecular weight is 449 g/mol. The summed E-state index contributed by atoms with van der Waals surface area (Å²) in [6.45, 7) is 4.63. The number of carbonyl (C=O) groups excluding carboxylic acids is 1. The fourth-order valence-electron chi connectivity index (χ4n) is 2.73. The lowest BCUT2D eigenvalue weighted by Gasteiger charge is -2.20. The molecule has 1 amide bonds. The van der Waals surface area contributed by atoms with Crippen LogP contribution in [0.2, 0.25) is 0 Å². The standard InChI is InChI=1S/C20H22F3N7O2/c1-19(2,3)32-18(31)24-8-13-6-5-12(7-15(13)20(21,22)23)16-25-11-26-17(29-16)28-14-9-27-30(4)10-14/h5-7,9-11H,8H2,1-4H3,(H,24,31)(H,25,26,28,29). The fraction of sp³-hybridized carbons (Fsp3) is 0.350. The van der Waals surface area contributed by atoms with Gasteiger partial charge in [0.15, 0.2) is 5.82 Å². The Morgan fingerprint density at radius 1 is 1.19 bits per heavy atom. The van der Waals surface area contributed by atoms with Gasteiger partial charge in [0.05, 0.1) is 17.4 Å². The quantitative estimate of drug-likeness (QED) is 0.605. The predicted molar refractivity (Wildman–Crippen MR) is 110 cm³/mol. The SMILES string of the molecule is Cn1cc(Nc2ncnc(-c3ccc(CNC(=O)OC(C)(C)C)c(C(F)(F)F)c3)n2)cn1. The molecule has 3 rings (SSSR count). The minimum atomic E-state index is -4.65. The smallest absolute Gasteiger partial charge is 0.416 e. The van der Waals surface area contributed by atoms with Crippen molar-refractivity contribution >= 4 is 17.7 Å². The highest BCUT2D eigenvalue weighted by atomic mass is 19.4. The van der Waals surface area contributed by atoms with Crippen LogP contribution in [-0.2, 0) is 24.5 Å². The van der Waals surface area contributed by atoms with E-state index in [1.54, 1.807) is 44.9 Å².